The van der Waals surface area contributed by atoms with E-state index in [9.17, 15) is 14.0 Å². The first-order valence-corrected chi connectivity index (χ1v) is 12.4. The molecule has 0 saturated heterocycles. The number of carbonyl (C=O) groups is 2. The van der Waals surface area contributed by atoms with Crippen LogP contribution in [-0.4, -0.2) is 49.9 Å². The standard InChI is InChI=1S/C28H28FN3O2S/c1-31(17-15-21-9-3-2-4-10-21)18-16-30-27(33)20-32-24-13-7-8-14-25(24)35-26(28(32)34)19-22-11-5-6-12-23(22)29/h2-14,19H,15-18,20H2,1H3,(H,30,33). The highest BCUT2D eigenvalue weighted by Gasteiger charge is 2.30. The van der Waals surface area contributed by atoms with Crippen LogP contribution in [0.15, 0.2) is 88.7 Å². The molecule has 0 atom stereocenters. The Hall–Kier alpha value is -3.42. The quantitative estimate of drug-likeness (QED) is 0.447. The van der Waals surface area contributed by atoms with Gasteiger partial charge in [-0.05, 0) is 43.3 Å². The fraction of sp³-hybridized carbons (Fsp3) is 0.214. The number of rotatable bonds is 9. The number of nitrogens with one attached hydrogen (secondary N) is 1. The number of halogens is 1. The summed E-state index contributed by atoms with van der Waals surface area (Å²) >= 11 is 1.29. The van der Waals surface area contributed by atoms with Crippen molar-refractivity contribution in [3.63, 3.8) is 0 Å². The molecule has 3 aromatic rings. The lowest BCUT2D eigenvalue weighted by Gasteiger charge is -2.30. The molecule has 0 bridgehead atoms. The summed E-state index contributed by atoms with van der Waals surface area (Å²) in [5, 5.41) is 2.92. The van der Waals surface area contributed by atoms with Crippen LogP contribution in [0.2, 0.25) is 0 Å². The summed E-state index contributed by atoms with van der Waals surface area (Å²) in [6, 6.07) is 24.0. The van der Waals surface area contributed by atoms with E-state index in [1.54, 1.807) is 24.3 Å². The Morgan fingerprint density at radius 1 is 1.00 bits per heavy atom. The molecule has 180 valence electrons. The second kappa shape index (κ2) is 11.8. The minimum atomic E-state index is -0.395. The van der Waals surface area contributed by atoms with Crippen LogP contribution < -0.4 is 10.2 Å². The zero-order valence-corrected chi connectivity index (χ0v) is 20.4. The van der Waals surface area contributed by atoms with Crippen molar-refractivity contribution < 1.29 is 14.0 Å². The Labute approximate surface area is 209 Å². The van der Waals surface area contributed by atoms with Crippen molar-refractivity contribution in [2.45, 2.75) is 11.3 Å². The van der Waals surface area contributed by atoms with Crippen molar-refractivity contribution in [2.75, 3.05) is 38.1 Å². The summed E-state index contributed by atoms with van der Waals surface area (Å²) in [5.41, 5.74) is 2.30. The molecule has 5 nitrogen and oxygen atoms in total. The maximum atomic E-state index is 14.2. The van der Waals surface area contributed by atoms with Gasteiger partial charge in [-0.25, -0.2) is 4.39 Å². The molecule has 0 saturated carbocycles. The average Bonchev–Trinajstić information content (AvgIpc) is 2.87. The summed E-state index contributed by atoms with van der Waals surface area (Å²) in [4.78, 5) is 30.9. The lowest BCUT2D eigenvalue weighted by atomic mass is 10.1. The molecule has 1 aliphatic heterocycles. The number of benzene rings is 3. The van der Waals surface area contributed by atoms with E-state index in [-0.39, 0.29) is 18.4 Å². The van der Waals surface area contributed by atoms with Crippen LogP contribution in [-0.2, 0) is 16.0 Å². The van der Waals surface area contributed by atoms with Gasteiger partial charge in [-0.1, -0.05) is 72.4 Å². The fourth-order valence-electron chi connectivity index (χ4n) is 3.81. The summed E-state index contributed by atoms with van der Waals surface area (Å²) in [6.07, 6.45) is 2.49. The number of nitrogens with zero attached hydrogens (tertiary/aromatic N) is 2. The van der Waals surface area contributed by atoms with Crippen molar-refractivity contribution in [2.24, 2.45) is 0 Å². The topological polar surface area (TPSA) is 52.7 Å². The molecule has 2 amide bonds. The van der Waals surface area contributed by atoms with Gasteiger partial charge >= 0.3 is 0 Å². The number of thioether (sulfide) groups is 1. The summed E-state index contributed by atoms with van der Waals surface area (Å²) in [7, 11) is 2.02. The van der Waals surface area contributed by atoms with E-state index in [2.05, 4.69) is 22.3 Å². The monoisotopic (exact) mass is 489 g/mol. The predicted octanol–water partition coefficient (Wildman–Crippen LogP) is 4.60. The molecule has 1 heterocycles. The number of para-hydroxylation sites is 1. The fourth-order valence-corrected chi connectivity index (χ4v) is 4.86. The van der Waals surface area contributed by atoms with Gasteiger partial charge in [0.15, 0.2) is 0 Å². The summed E-state index contributed by atoms with van der Waals surface area (Å²) in [5.74, 6) is -0.943. The van der Waals surface area contributed by atoms with E-state index in [4.69, 9.17) is 0 Å². The third-order valence-corrected chi connectivity index (χ3v) is 6.84. The highest BCUT2D eigenvalue weighted by molar-refractivity contribution is 8.04. The maximum Gasteiger partial charge on any atom is 0.265 e. The van der Waals surface area contributed by atoms with Crippen LogP contribution in [0, 0.1) is 5.82 Å². The molecular weight excluding hydrogens is 461 g/mol. The molecule has 0 aliphatic carbocycles. The van der Waals surface area contributed by atoms with Crippen LogP contribution in [0.25, 0.3) is 6.08 Å². The van der Waals surface area contributed by atoms with Gasteiger partial charge in [-0.2, -0.15) is 0 Å². The molecule has 0 fully saturated rings. The lowest BCUT2D eigenvalue weighted by Crippen LogP contribution is -2.44. The van der Waals surface area contributed by atoms with Crippen molar-refractivity contribution in [3.05, 3.63) is 101 Å². The Morgan fingerprint density at radius 2 is 1.71 bits per heavy atom. The van der Waals surface area contributed by atoms with Gasteiger partial charge in [-0.3, -0.25) is 14.5 Å². The van der Waals surface area contributed by atoms with Gasteiger partial charge in [0.05, 0.1) is 10.6 Å². The maximum absolute atomic E-state index is 14.2. The Kier molecular flexibility index (Phi) is 8.34. The number of likely N-dealkylation sites (N-methyl/N-ethyl adjacent to an activating group) is 1. The Morgan fingerprint density at radius 3 is 2.51 bits per heavy atom. The smallest absolute Gasteiger partial charge is 0.265 e. The third kappa shape index (κ3) is 6.59. The molecule has 0 radical (unpaired) electrons. The first-order chi connectivity index (χ1) is 17.0. The number of anilines is 1. The van der Waals surface area contributed by atoms with Gasteiger partial charge in [0.2, 0.25) is 5.91 Å². The van der Waals surface area contributed by atoms with Gasteiger partial charge < -0.3 is 10.2 Å². The second-order valence-electron chi connectivity index (χ2n) is 8.38. The Balaban J connectivity index is 1.36. The molecule has 0 spiro atoms. The molecule has 0 unspecified atom stereocenters. The van der Waals surface area contributed by atoms with Crippen LogP contribution >= 0.6 is 11.8 Å². The molecule has 3 aromatic carbocycles. The predicted molar refractivity (Wildman–Crippen MR) is 140 cm³/mol. The highest BCUT2D eigenvalue weighted by atomic mass is 32.2. The van der Waals surface area contributed by atoms with Crippen LogP contribution in [0.3, 0.4) is 0 Å². The van der Waals surface area contributed by atoms with E-state index in [0.717, 1.165) is 17.9 Å². The van der Waals surface area contributed by atoms with Crippen LogP contribution in [0.4, 0.5) is 10.1 Å². The zero-order valence-electron chi connectivity index (χ0n) is 19.6. The van der Waals surface area contributed by atoms with Gasteiger partial charge in [0.25, 0.3) is 5.91 Å². The van der Waals surface area contributed by atoms with Crippen molar-refractivity contribution in [3.8, 4) is 0 Å². The van der Waals surface area contributed by atoms with Crippen molar-refractivity contribution in [1.82, 2.24) is 10.2 Å². The van der Waals surface area contributed by atoms with E-state index in [0.29, 0.717) is 29.2 Å². The van der Waals surface area contributed by atoms with E-state index >= 15 is 0 Å². The normalized spacial score (nSPS) is 14.3. The molecule has 7 heteroatoms. The third-order valence-electron chi connectivity index (χ3n) is 5.77. The van der Waals surface area contributed by atoms with E-state index in [1.165, 1.54) is 28.3 Å². The van der Waals surface area contributed by atoms with Crippen LogP contribution in [0.5, 0.6) is 0 Å². The Bertz CT molecular complexity index is 1220. The molecule has 1 aliphatic rings. The minimum absolute atomic E-state index is 0.0985. The van der Waals surface area contributed by atoms with Crippen molar-refractivity contribution in [1.29, 1.82) is 0 Å². The number of hydrogen-bond acceptors (Lipinski definition) is 4. The minimum Gasteiger partial charge on any atom is -0.353 e. The largest absolute Gasteiger partial charge is 0.353 e. The number of carbonyl (C=O) groups excluding carboxylic acids is 2. The number of amides is 2. The SMILES string of the molecule is CN(CCNC(=O)CN1C(=O)C(=Cc2ccccc2F)Sc2ccccc21)CCc1ccccc1. The molecule has 1 N–H and O–H groups in total. The second-order valence-corrected chi connectivity index (χ2v) is 9.46. The first kappa shape index (κ1) is 24.7. The van der Waals surface area contributed by atoms with Crippen molar-refractivity contribution >= 4 is 35.3 Å². The molecule has 4 rings (SSSR count). The number of fused-ring (bicyclic) bond motifs is 1. The van der Waals surface area contributed by atoms with Crippen LogP contribution in [0.1, 0.15) is 11.1 Å². The lowest BCUT2D eigenvalue weighted by molar-refractivity contribution is -0.122. The van der Waals surface area contributed by atoms with Gasteiger partial charge in [0.1, 0.15) is 12.4 Å². The van der Waals surface area contributed by atoms with E-state index in [1.807, 2.05) is 49.5 Å². The first-order valence-electron chi connectivity index (χ1n) is 11.6. The highest BCUT2D eigenvalue weighted by Crippen LogP contribution is 2.42. The molecular formula is C28H28FN3O2S. The van der Waals surface area contributed by atoms with Gasteiger partial charge in [0, 0.05) is 30.1 Å². The van der Waals surface area contributed by atoms with E-state index < -0.39 is 5.82 Å². The number of hydrogen-bond donors (Lipinski definition) is 1. The average molecular weight is 490 g/mol. The molecule has 35 heavy (non-hydrogen) atoms. The zero-order chi connectivity index (χ0) is 24.6. The summed E-state index contributed by atoms with van der Waals surface area (Å²) in [6.45, 7) is 1.98. The summed E-state index contributed by atoms with van der Waals surface area (Å²) < 4.78 is 14.2. The molecule has 0 aromatic heterocycles. The van der Waals surface area contributed by atoms with Gasteiger partial charge in [-0.15, -0.1) is 0 Å².